The maximum absolute atomic E-state index is 11.3. The number of nitrogens with zero attached hydrogens (tertiary/aromatic N) is 1. The zero-order chi connectivity index (χ0) is 13.2. The molecule has 0 heterocycles. The van der Waals surface area contributed by atoms with Gasteiger partial charge in [-0.15, -0.1) is 0 Å². The summed E-state index contributed by atoms with van der Waals surface area (Å²) < 4.78 is 22.2. The van der Waals surface area contributed by atoms with Crippen LogP contribution in [0, 0.1) is 10.1 Å². The first-order valence-electron chi connectivity index (χ1n) is 4.22. The molecule has 0 aliphatic heterocycles. The van der Waals surface area contributed by atoms with Crippen LogP contribution in [0.15, 0.2) is 23.1 Å². The predicted molar refractivity (Wildman–Crippen MR) is 59.5 cm³/mol. The summed E-state index contributed by atoms with van der Waals surface area (Å²) in [4.78, 5) is 20.6. The lowest BCUT2D eigenvalue weighted by Crippen LogP contribution is -2.18. The SMILES string of the molecule is CNC(=O)c1cc([N+](=O)[O-])cc(S(=O)(=O)Cl)c1. The van der Waals surface area contributed by atoms with Gasteiger partial charge in [0.15, 0.2) is 0 Å². The zero-order valence-electron chi connectivity index (χ0n) is 8.51. The predicted octanol–water partition coefficient (Wildman–Crippen LogP) is 0.882. The van der Waals surface area contributed by atoms with E-state index in [0.717, 1.165) is 18.2 Å². The molecule has 0 unspecified atom stereocenters. The molecule has 9 heteroatoms. The van der Waals surface area contributed by atoms with Crippen LogP contribution in [0.1, 0.15) is 10.4 Å². The lowest BCUT2D eigenvalue weighted by atomic mass is 10.2. The molecule has 0 aliphatic carbocycles. The molecule has 1 aromatic rings. The van der Waals surface area contributed by atoms with Crippen molar-refractivity contribution in [3.63, 3.8) is 0 Å². The van der Waals surface area contributed by atoms with E-state index in [9.17, 15) is 23.3 Å². The number of halogens is 1. The molecule has 0 radical (unpaired) electrons. The molecule has 1 aromatic carbocycles. The molecule has 1 rings (SSSR count). The van der Waals surface area contributed by atoms with E-state index in [1.165, 1.54) is 7.05 Å². The van der Waals surface area contributed by atoms with E-state index < -0.39 is 30.5 Å². The van der Waals surface area contributed by atoms with Crippen molar-refractivity contribution in [1.29, 1.82) is 0 Å². The molecule has 1 amide bonds. The van der Waals surface area contributed by atoms with Crippen molar-refractivity contribution in [2.75, 3.05) is 7.05 Å². The monoisotopic (exact) mass is 278 g/mol. The zero-order valence-corrected chi connectivity index (χ0v) is 10.1. The molecule has 0 spiro atoms. The van der Waals surface area contributed by atoms with E-state index in [-0.39, 0.29) is 5.56 Å². The molecule has 0 atom stereocenters. The first-order valence-corrected chi connectivity index (χ1v) is 6.53. The number of nitrogens with one attached hydrogen (secondary N) is 1. The van der Waals surface area contributed by atoms with E-state index in [4.69, 9.17) is 10.7 Å². The van der Waals surface area contributed by atoms with Crippen molar-refractivity contribution < 1.29 is 18.1 Å². The van der Waals surface area contributed by atoms with Gasteiger partial charge in [0.2, 0.25) is 0 Å². The first kappa shape index (κ1) is 13.4. The number of nitro groups is 1. The fourth-order valence-corrected chi connectivity index (χ4v) is 1.90. The number of carbonyl (C=O) groups is 1. The molecule has 7 nitrogen and oxygen atoms in total. The third kappa shape index (κ3) is 3.14. The number of benzene rings is 1. The Morgan fingerprint density at radius 2 is 2.00 bits per heavy atom. The third-order valence-electron chi connectivity index (χ3n) is 1.87. The Balaban J connectivity index is 3.50. The van der Waals surface area contributed by atoms with Crippen molar-refractivity contribution in [2.24, 2.45) is 0 Å². The highest BCUT2D eigenvalue weighted by Crippen LogP contribution is 2.23. The average Bonchev–Trinajstić information content (AvgIpc) is 2.26. The van der Waals surface area contributed by atoms with Crippen LogP contribution in [-0.2, 0) is 9.05 Å². The summed E-state index contributed by atoms with van der Waals surface area (Å²) >= 11 is 0. The highest BCUT2D eigenvalue weighted by Gasteiger charge is 2.19. The van der Waals surface area contributed by atoms with Crippen LogP contribution in [0.3, 0.4) is 0 Å². The normalized spacial score (nSPS) is 10.9. The second kappa shape index (κ2) is 4.68. The van der Waals surface area contributed by atoms with E-state index >= 15 is 0 Å². The molecule has 1 N–H and O–H groups in total. The summed E-state index contributed by atoms with van der Waals surface area (Å²) in [5.41, 5.74) is -0.675. The van der Waals surface area contributed by atoms with Gasteiger partial charge >= 0.3 is 0 Å². The van der Waals surface area contributed by atoms with Crippen LogP contribution in [0.25, 0.3) is 0 Å². The summed E-state index contributed by atoms with van der Waals surface area (Å²) in [5.74, 6) is -0.643. The number of non-ortho nitro benzene ring substituents is 1. The summed E-state index contributed by atoms with van der Waals surface area (Å²) in [7, 11) is 2.25. The van der Waals surface area contributed by atoms with Crippen molar-refractivity contribution in [1.82, 2.24) is 5.32 Å². The largest absolute Gasteiger partial charge is 0.355 e. The summed E-state index contributed by atoms with van der Waals surface area (Å²) in [6, 6.07) is 2.72. The van der Waals surface area contributed by atoms with Crippen LogP contribution in [0.4, 0.5) is 5.69 Å². The van der Waals surface area contributed by atoms with Crippen LogP contribution in [0.5, 0.6) is 0 Å². The Morgan fingerprint density at radius 3 is 2.41 bits per heavy atom. The number of amides is 1. The van der Waals surface area contributed by atoms with Gasteiger partial charge in [-0.3, -0.25) is 14.9 Å². The number of rotatable bonds is 3. The Hall–Kier alpha value is -1.67. The van der Waals surface area contributed by atoms with Gasteiger partial charge in [0, 0.05) is 35.4 Å². The molecule has 0 aliphatic rings. The molecular weight excluding hydrogens is 272 g/mol. The number of nitro benzene ring substituents is 1. The van der Waals surface area contributed by atoms with Gasteiger partial charge in [0.05, 0.1) is 9.82 Å². The maximum Gasteiger partial charge on any atom is 0.271 e. The lowest BCUT2D eigenvalue weighted by molar-refractivity contribution is -0.385. The second-order valence-corrected chi connectivity index (χ2v) is 5.56. The van der Waals surface area contributed by atoms with Crippen molar-refractivity contribution in [3.05, 3.63) is 33.9 Å². The van der Waals surface area contributed by atoms with Crippen molar-refractivity contribution in [3.8, 4) is 0 Å². The molecule has 0 aromatic heterocycles. The van der Waals surface area contributed by atoms with E-state index in [1.54, 1.807) is 0 Å². The number of hydrogen-bond donors (Lipinski definition) is 1. The smallest absolute Gasteiger partial charge is 0.271 e. The van der Waals surface area contributed by atoms with Crippen molar-refractivity contribution >= 4 is 31.3 Å². The van der Waals surface area contributed by atoms with Gasteiger partial charge in [0.25, 0.3) is 20.6 Å². The molecule has 17 heavy (non-hydrogen) atoms. The van der Waals surface area contributed by atoms with Gasteiger partial charge in [-0.25, -0.2) is 8.42 Å². The first-order chi connectivity index (χ1) is 7.75. The van der Waals surface area contributed by atoms with Gasteiger partial charge in [-0.1, -0.05) is 0 Å². The Labute approximate surface area is 101 Å². The number of carbonyl (C=O) groups excluding carboxylic acids is 1. The van der Waals surface area contributed by atoms with Crippen LogP contribution >= 0.6 is 10.7 Å². The van der Waals surface area contributed by atoms with Crippen LogP contribution in [-0.4, -0.2) is 26.3 Å². The highest BCUT2D eigenvalue weighted by atomic mass is 35.7. The lowest BCUT2D eigenvalue weighted by Gasteiger charge is -2.02. The molecular formula is C8H7ClN2O5S. The second-order valence-electron chi connectivity index (χ2n) is 2.99. The average molecular weight is 279 g/mol. The van der Waals surface area contributed by atoms with E-state index in [0.29, 0.717) is 0 Å². The fraction of sp³-hybridized carbons (Fsp3) is 0.125. The summed E-state index contributed by atoms with van der Waals surface area (Å²) in [6.45, 7) is 0. The Kier molecular flexibility index (Phi) is 3.69. The van der Waals surface area contributed by atoms with Crippen LogP contribution in [0.2, 0.25) is 0 Å². The minimum atomic E-state index is -4.14. The quantitative estimate of drug-likeness (QED) is 0.502. The Bertz CT molecular complexity index is 584. The molecule has 0 fully saturated rings. The number of hydrogen-bond acceptors (Lipinski definition) is 5. The van der Waals surface area contributed by atoms with Crippen molar-refractivity contribution in [2.45, 2.75) is 4.90 Å². The minimum absolute atomic E-state index is 0.152. The van der Waals surface area contributed by atoms with E-state index in [2.05, 4.69) is 5.32 Å². The van der Waals surface area contributed by atoms with Crippen LogP contribution < -0.4 is 5.32 Å². The molecule has 0 saturated carbocycles. The van der Waals surface area contributed by atoms with Gasteiger partial charge in [0.1, 0.15) is 0 Å². The van der Waals surface area contributed by atoms with E-state index in [1.807, 2.05) is 0 Å². The third-order valence-corrected chi connectivity index (χ3v) is 3.21. The minimum Gasteiger partial charge on any atom is -0.355 e. The van der Waals surface area contributed by atoms with Gasteiger partial charge in [-0.2, -0.15) is 0 Å². The Morgan fingerprint density at radius 1 is 1.41 bits per heavy atom. The molecule has 0 bridgehead atoms. The molecule has 92 valence electrons. The van der Waals surface area contributed by atoms with Gasteiger partial charge < -0.3 is 5.32 Å². The fourth-order valence-electron chi connectivity index (χ4n) is 1.10. The summed E-state index contributed by atoms with van der Waals surface area (Å²) in [5, 5.41) is 12.8. The summed E-state index contributed by atoms with van der Waals surface area (Å²) in [6.07, 6.45) is 0. The highest BCUT2D eigenvalue weighted by molar-refractivity contribution is 8.13. The standard InChI is InChI=1S/C8H7ClN2O5S/c1-10-8(12)5-2-6(11(13)14)4-7(3-5)17(9,15)16/h2-4H,1H3,(H,10,12). The molecule has 0 saturated heterocycles. The van der Waals surface area contributed by atoms with Gasteiger partial charge in [-0.05, 0) is 6.07 Å². The topological polar surface area (TPSA) is 106 Å². The maximum atomic E-state index is 11.3.